The largest absolute Gasteiger partial charge is 0.293 e. The molecule has 49 heavy (non-hydrogen) atoms. The summed E-state index contributed by atoms with van der Waals surface area (Å²) >= 11 is 0. The number of hydrogen-bond acceptors (Lipinski definition) is 4. The van der Waals surface area contributed by atoms with E-state index in [0.29, 0.717) is 17.5 Å². The Hall–Kier alpha value is -6.86. The molecule has 0 aliphatic rings. The number of hydrogen-bond donors (Lipinski definition) is 0. The van der Waals surface area contributed by atoms with Crippen LogP contribution in [0.1, 0.15) is 11.4 Å². The number of fused-ring (bicyclic) bond motifs is 5. The minimum Gasteiger partial charge on any atom is -0.293 e. The van der Waals surface area contributed by atoms with Crippen molar-refractivity contribution in [1.29, 1.82) is 0 Å². The van der Waals surface area contributed by atoms with Crippen LogP contribution in [0.5, 0.6) is 0 Å². The van der Waals surface area contributed by atoms with Crippen LogP contribution in [0.15, 0.2) is 153 Å². The second-order valence-corrected chi connectivity index (χ2v) is 11.7. The van der Waals surface area contributed by atoms with Crippen LogP contribution in [0.25, 0.3) is 85.5 Å². The Balaban J connectivity index is 1.38. The molecule has 7 nitrogen and oxygen atoms in total. The van der Waals surface area contributed by atoms with E-state index in [1.54, 1.807) is 0 Å². The standard InChI is InChI=1S/C42H29N7/c1-3-33-34(4-2)49-41-37(43-42(49)47(33)30-22-12-7-13-23-30)31-24-14-16-26-35(31)48(41)36-27-17-15-25-32(36)40-45-38(28-18-8-5-9-19-28)44-39(46-40)29-20-10-6-11-21-29/h3-27H,1-2H2. The zero-order valence-electron chi connectivity index (χ0n) is 26.5. The number of imidazole rings is 2. The summed E-state index contributed by atoms with van der Waals surface area (Å²) in [4.78, 5) is 20.4. The summed E-state index contributed by atoms with van der Waals surface area (Å²) in [6, 6.07) is 47.0. The lowest BCUT2D eigenvalue weighted by molar-refractivity contribution is 1.05. The lowest BCUT2D eigenvalue weighted by atomic mass is 10.1. The first kappa shape index (κ1) is 28.4. The van der Waals surface area contributed by atoms with Gasteiger partial charge in [-0.1, -0.05) is 122 Å². The van der Waals surface area contributed by atoms with Gasteiger partial charge in [-0.25, -0.2) is 19.9 Å². The molecule has 0 saturated heterocycles. The lowest BCUT2D eigenvalue weighted by Crippen LogP contribution is -2.04. The predicted octanol–water partition coefficient (Wildman–Crippen LogP) is 9.69. The fraction of sp³-hybridized carbons (Fsp3) is 0. The van der Waals surface area contributed by atoms with Crippen molar-refractivity contribution in [2.24, 2.45) is 0 Å². The third kappa shape index (κ3) is 4.44. The van der Waals surface area contributed by atoms with Crippen molar-refractivity contribution in [3.05, 3.63) is 164 Å². The normalized spacial score (nSPS) is 11.4. The zero-order valence-corrected chi connectivity index (χ0v) is 26.5. The number of benzene rings is 5. The van der Waals surface area contributed by atoms with E-state index in [9.17, 15) is 0 Å². The predicted molar refractivity (Wildman–Crippen MR) is 199 cm³/mol. The van der Waals surface area contributed by atoms with Gasteiger partial charge in [0.15, 0.2) is 23.1 Å². The molecule has 4 aromatic heterocycles. The smallest absolute Gasteiger partial charge is 0.221 e. The molecule has 0 amide bonds. The molecule has 0 fully saturated rings. The first-order valence-corrected chi connectivity index (χ1v) is 16.1. The highest BCUT2D eigenvalue weighted by atomic mass is 15.3. The van der Waals surface area contributed by atoms with E-state index in [2.05, 4.69) is 75.2 Å². The van der Waals surface area contributed by atoms with Gasteiger partial charge in [0, 0.05) is 27.8 Å². The average molecular weight is 632 g/mol. The van der Waals surface area contributed by atoms with Crippen molar-refractivity contribution < 1.29 is 0 Å². The molecule has 0 atom stereocenters. The molecule has 9 rings (SSSR count). The summed E-state index contributed by atoms with van der Waals surface area (Å²) < 4.78 is 6.59. The molecule has 0 radical (unpaired) electrons. The Morgan fingerprint density at radius 1 is 0.490 bits per heavy atom. The second kappa shape index (κ2) is 11.4. The molecule has 5 aromatic carbocycles. The van der Waals surface area contributed by atoms with Crippen LogP contribution in [-0.2, 0) is 0 Å². The van der Waals surface area contributed by atoms with E-state index in [1.165, 1.54) is 0 Å². The van der Waals surface area contributed by atoms with Crippen LogP contribution in [0.3, 0.4) is 0 Å². The molecule has 0 spiro atoms. The van der Waals surface area contributed by atoms with Gasteiger partial charge in [0.2, 0.25) is 5.78 Å². The molecule has 4 heterocycles. The average Bonchev–Trinajstić information content (AvgIpc) is 3.81. The van der Waals surface area contributed by atoms with Crippen LogP contribution < -0.4 is 0 Å². The zero-order chi connectivity index (χ0) is 32.9. The highest BCUT2D eigenvalue weighted by Crippen LogP contribution is 2.38. The van der Waals surface area contributed by atoms with Crippen LogP contribution in [-0.4, -0.2) is 33.5 Å². The molecule has 0 saturated carbocycles. The van der Waals surface area contributed by atoms with Crippen molar-refractivity contribution in [3.63, 3.8) is 0 Å². The Bertz CT molecular complexity index is 2620. The Morgan fingerprint density at radius 2 is 1.04 bits per heavy atom. The second-order valence-electron chi connectivity index (χ2n) is 11.7. The molecule has 0 aliphatic heterocycles. The monoisotopic (exact) mass is 631 g/mol. The maximum absolute atomic E-state index is 5.32. The number of para-hydroxylation sites is 3. The number of nitrogens with zero attached hydrogens (tertiary/aromatic N) is 7. The van der Waals surface area contributed by atoms with Gasteiger partial charge in [-0.05, 0) is 42.5 Å². The highest BCUT2D eigenvalue weighted by Gasteiger charge is 2.26. The van der Waals surface area contributed by atoms with E-state index in [1.807, 2.05) is 103 Å². The Kier molecular flexibility index (Phi) is 6.62. The first-order valence-electron chi connectivity index (χ1n) is 16.1. The van der Waals surface area contributed by atoms with Crippen molar-refractivity contribution in [3.8, 4) is 45.5 Å². The van der Waals surface area contributed by atoms with Crippen LogP contribution in [0.4, 0.5) is 0 Å². The van der Waals surface area contributed by atoms with Crippen molar-refractivity contribution in [2.45, 2.75) is 0 Å². The van der Waals surface area contributed by atoms with E-state index in [4.69, 9.17) is 19.9 Å². The van der Waals surface area contributed by atoms with Crippen molar-refractivity contribution in [2.75, 3.05) is 0 Å². The van der Waals surface area contributed by atoms with Crippen LogP contribution in [0, 0.1) is 0 Å². The quantitative estimate of drug-likeness (QED) is 0.176. The van der Waals surface area contributed by atoms with Gasteiger partial charge < -0.3 is 0 Å². The van der Waals surface area contributed by atoms with E-state index in [0.717, 1.165) is 67.3 Å². The maximum Gasteiger partial charge on any atom is 0.221 e. The molecule has 0 bridgehead atoms. The van der Waals surface area contributed by atoms with Gasteiger partial charge in [-0.3, -0.25) is 13.5 Å². The van der Waals surface area contributed by atoms with Gasteiger partial charge >= 0.3 is 0 Å². The molecular weight excluding hydrogens is 603 g/mol. The van der Waals surface area contributed by atoms with Gasteiger partial charge in [0.1, 0.15) is 5.52 Å². The SMILES string of the molecule is C=Cc1c(C=C)n2c(nc3c4ccccc4n(-c4ccccc4-c4nc(-c5ccccc5)nc(-c5ccccc5)n4)c32)n1-c1ccccc1. The molecule has 0 aliphatic carbocycles. The van der Waals surface area contributed by atoms with E-state index < -0.39 is 0 Å². The summed E-state index contributed by atoms with van der Waals surface area (Å²) in [5.41, 5.74) is 9.24. The van der Waals surface area contributed by atoms with Gasteiger partial charge in [-0.15, -0.1) is 0 Å². The number of rotatable bonds is 7. The third-order valence-electron chi connectivity index (χ3n) is 8.88. The van der Waals surface area contributed by atoms with Crippen LogP contribution in [0.2, 0.25) is 0 Å². The molecule has 7 heteroatoms. The van der Waals surface area contributed by atoms with Crippen LogP contribution >= 0.6 is 0 Å². The molecule has 0 N–H and O–H groups in total. The van der Waals surface area contributed by atoms with E-state index in [-0.39, 0.29) is 0 Å². The first-order chi connectivity index (χ1) is 24.2. The molecule has 9 aromatic rings. The van der Waals surface area contributed by atoms with Gasteiger partial charge in [0.05, 0.1) is 22.6 Å². The molecule has 0 unspecified atom stereocenters. The van der Waals surface area contributed by atoms with E-state index >= 15 is 0 Å². The van der Waals surface area contributed by atoms with Crippen molar-refractivity contribution in [1.82, 2.24) is 33.5 Å². The topological polar surface area (TPSA) is 65.8 Å². The summed E-state index contributed by atoms with van der Waals surface area (Å²) in [7, 11) is 0. The minimum absolute atomic E-state index is 0.576. The Labute approximate surface area is 282 Å². The Morgan fingerprint density at radius 3 is 1.69 bits per heavy atom. The summed E-state index contributed by atoms with van der Waals surface area (Å²) in [5, 5.41) is 1.04. The summed E-state index contributed by atoms with van der Waals surface area (Å²) in [6.45, 7) is 8.42. The maximum atomic E-state index is 5.32. The van der Waals surface area contributed by atoms with Gasteiger partial charge in [-0.2, -0.15) is 0 Å². The molecule has 232 valence electrons. The van der Waals surface area contributed by atoms with Crippen molar-refractivity contribution >= 4 is 40.0 Å². The van der Waals surface area contributed by atoms with Gasteiger partial charge in [0.25, 0.3) is 0 Å². The number of aromatic nitrogens is 7. The fourth-order valence-electron chi connectivity index (χ4n) is 6.73. The third-order valence-corrected chi connectivity index (χ3v) is 8.88. The summed E-state index contributed by atoms with van der Waals surface area (Å²) in [5.74, 6) is 2.57. The minimum atomic E-state index is 0.576. The summed E-state index contributed by atoms with van der Waals surface area (Å²) in [6.07, 6.45) is 3.75. The molecular formula is C42H29N7. The lowest BCUT2D eigenvalue weighted by Gasteiger charge is -2.14. The fourth-order valence-corrected chi connectivity index (χ4v) is 6.73. The highest BCUT2D eigenvalue weighted by molar-refractivity contribution is 6.08.